The fourth-order valence-electron chi connectivity index (χ4n) is 1.35. The summed E-state index contributed by atoms with van der Waals surface area (Å²) in [7, 11) is 0. The number of aromatic nitrogens is 4. The van der Waals surface area contributed by atoms with Crippen molar-refractivity contribution >= 4 is 11.3 Å². The molecule has 0 saturated heterocycles. The number of aryl methyl sites for hydroxylation is 2. The van der Waals surface area contributed by atoms with E-state index in [0.717, 1.165) is 23.1 Å². The minimum atomic E-state index is 0.705. The summed E-state index contributed by atoms with van der Waals surface area (Å²) in [6, 6.07) is 0. The largest absolute Gasteiger partial charge is 0.305 e. The molecule has 0 unspecified atom stereocenters. The van der Waals surface area contributed by atoms with Gasteiger partial charge in [0, 0.05) is 11.4 Å². The lowest BCUT2D eigenvalue weighted by molar-refractivity contribution is 0.668. The average Bonchev–Trinajstić information content (AvgIpc) is 2.77. The highest BCUT2D eigenvalue weighted by atomic mass is 32.1. The van der Waals surface area contributed by atoms with Crippen LogP contribution in [0.15, 0.2) is 6.33 Å². The molecule has 2 rings (SSSR count). The van der Waals surface area contributed by atoms with Crippen LogP contribution in [-0.4, -0.2) is 20.2 Å². The standard InChI is InChI=1S/C9H13N5S/c1-6-8(15-7(2)13-6)3-10-4-9-11-5-12-14-9/h5,10H,3-4H2,1-2H3,(H,11,12,14). The molecule has 2 aromatic heterocycles. The minimum absolute atomic E-state index is 0.705. The third-order valence-electron chi connectivity index (χ3n) is 2.04. The minimum Gasteiger partial charge on any atom is -0.305 e. The van der Waals surface area contributed by atoms with E-state index in [2.05, 4.69) is 25.5 Å². The van der Waals surface area contributed by atoms with Gasteiger partial charge in [-0.25, -0.2) is 9.97 Å². The van der Waals surface area contributed by atoms with Gasteiger partial charge in [-0.15, -0.1) is 11.3 Å². The number of thiazole rings is 1. The second-order valence-electron chi connectivity index (χ2n) is 3.28. The number of nitrogens with one attached hydrogen (secondary N) is 2. The van der Waals surface area contributed by atoms with Gasteiger partial charge in [-0.05, 0) is 13.8 Å². The second kappa shape index (κ2) is 4.50. The molecule has 6 heteroatoms. The molecular formula is C9H13N5S. The van der Waals surface area contributed by atoms with Crippen molar-refractivity contribution in [3.63, 3.8) is 0 Å². The van der Waals surface area contributed by atoms with Crippen molar-refractivity contribution in [3.05, 3.63) is 27.7 Å². The van der Waals surface area contributed by atoms with Gasteiger partial charge < -0.3 is 5.32 Å². The number of aromatic amines is 1. The molecule has 2 heterocycles. The highest BCUT2D eigenvalue weighted by Gasteiger charge is 2.04. The van der Waals surface area contributed by atoms with Crippen molar-refractivity contribution in [2.24, 2.45) is 0 Å². The Bertz CT molecular complexity index is 420. The maximum Gasteiger partial charge on any atom is 0.138 e. The molecule has 0 spiro atoms. The van der Waals surface area contributed by atoms with Crippen LogP contribution in [0.5, 0.6) is 0 Å². The fourth-order valence-corrected chi connectivity index (χ4v) is 2.25. The summed E-state index contributed by atoms with van der Waals surface area (Å²) in [5, 5.41) is 11.0. The Kier molecular flexibility index (Phi) is 3.08. The fraction of sp³-hybridized carbons (Fsp3) is 0.444. The van der Waals surface area contributed by atoms with Crippen LogP contribution >= 0.6 is 11.3 Å². The SMILES string of the molecule is Cc1nc(C)c(CNCc2ncn[nH]2)s1. The lowest BCUT2D eigenvalue weighted by atomic mass is 10.4. The van der Waals surface area contributed by atoms with E-state index in [-0.39, 0.29) is 0 Å². The molecule has 2 N–H and O–H groups in total. The molecule has 0 saturated carbocycles. The first-order chi connectivity index (χ1) is 7.25. The van der Waals surface area contributed by atoms with Crippen LogP contribution in [0.25, 0.3) is 0 Å². The van der Waals surface area contributed by atoms with E-state index < -0.39 is 0 Å². The van der Waals surface area contributed by atoms with Crippen LogP contribution < -0.4 is 5.32 Å². The Labute approximate surface area is 92.0 Å². The molecule has 0 aliphatic carbocycles. The van der Waals surface area contributed by atoms with Crippen LogP contribution in [0.3, 0.4) is 0 Å². The summed E-state index contributed by atoms with van der Waals surface area (Å²) in [6.07, 6.45) is 1.51. The van der Waals surface area contributed by atoms with Crippen molar-refractivity contribution in [2.75, 3.05) is 0 Å². The summed E-state index contributed by atoms with van der Waals surface area (Å²) in [5.41, 5.74) is 1.11. The van der Waals surface area contributed by atoms with Gasteiger partial charge in [0.15, 0.2) is 0 Å². The van der Waals surface area contributed by atoms with Crippen molar-refractivity contribution < 1.29 is 0 Å². The molecule has 15 heavy (non-hydrogen) atoms. The van der Waals surface area contributed by atoms with Crippen LogP contribution in [-0.2, 0) is 13.1 Å². The predicted octanol–water partition coefficient (Wildman–Crippen LogP) is 1.17. The summed E-state index contributed by atoms with van der Waals surface area (Å²) >= 11 is 1.73. The summed E-state index contributed by atoms with van der Waals surface area (Å²) < 4.78 is 0. The Morgan fingerprint density at radius 3 is 2.87 bits per heavy atom. The molecule has 0 bridgehead atoms. The third-order valence-corrected chi connectivity index (χ3v) is 3.12. The molecule has 0 fully saturated rings. The quantitative estimate of drug-likeness (QED) is 0.816. The molecule has 0 aliphatic heterocycles. The van der Waals surface area contributed by atoms with E-state index in [0.29, 0.717) is 6.54 Å². The number of rotatable bonds is 4. The van der Waals surface area contributed by atoms with Gasteiger partial charge in [0.1, 0.15) is 12.2 Å². The molecule has 0 atom stereocenters. The van der Waals surface area contributed by atoms with E-state index in [1.54, 1.807) is 11.3 Å². The topological polar surface area (TPSA) is 66.5 Å². The molecule has 0 aromatic carbocycles. The Balaban J connectivity index is 1.86. The lowest BCUT2D eigenvalue weighted by Gasteiger charge is -2.00. The molecule has 0 aliphatic rings. The number of hydrogen-bond acceptors (Lipinski definition) is 5. The van der Waals surface area contributed by atoms with Gasteiger partial charge in [-0.2, -0.15) is 5.10 Å². The monoisotopic (exact) mass is 223 g/mol. The van der Waals surface area contributed by atoms with Gasteiger partial charge >= 0.3 is 0 Å². The van der Waals surface area contributed by atoms with Gasteiger partial charge in [0.05, 0.1) is 17.2 Å². The first-order valence-electron chi connectivity index (χ1n) is 4.73. The third kappa shape index (κ3) is 2.60. The Morgan fingerprint density at radius 2 is 2.27 bits per heavy atom. The zero-order valence-corrected chi connectivity index (χ0v) is 9.56. The van der Waals surface area contributed by atoms with Crippen molar-refractivity contribution in [1.82, 2.24) is 25.5 Å². The molecule has 0 radical (unpaired) electrons. The van der Waals surface area contributed by atoms with Crippen LogP contribution in [0.4, 0.5) is 0 Å². The molecule has 2 aromatic rings. The normalized spacial score (nSPS) is 10.8. The Morgan fingerprint density at radius 1 is 1.40 bits per heavy atom. The molecule has 80 valence electrons. The zero-order valence-electron chi connectivity index (χ0n) is 8.74. The molecule has 0 amide bonds. The van der Waals surface area contributed by atoms with Crippen LogP contribution in [0, 0.1) is 13.8 Å². The van der Waals surface area contributed by atoms with E-state index in [4.69, 9.17) is 0 Å². The summed E-state index contributed by atoms with van der Waals surface area (Å²) in [6.45, 7) is 5.60. The zero-order chi connectivity index (χ0) is 10.7. The lowest BCUT2D eigenvalue weighted by Crippen LogP contribution is -2.13. The van der Waals surface area contributed by atoms with E-state index in [1.807, 2.05) is 13.8 Å². The van der Waals surface area contributed by atoms with Crippen molar-refractivity contribution in [3.8, 4) is 0 Å². The predicted molar refractivity (Wildman–Crippen MR) is 58.5 cm³/mol. The number of hydrogen-bond donors (Lipinski definition) is 2. The van der Waals surface area contributed by atoms with E-state index >= 15 is 0 Å². The van der Waals surface area contributed by atoms with Crippen LogP contribution in [0.2, 0.25) is 0 Å². The highest BCUT2D eigenvalue weighted by Crippen LogP contribution is 2.16. The van der Waals surface area contributed by atoms with Crippen molar-refractivity contribution in [2.45, 2.75) is 26.9 Å². The van der Waals surface area contributed by atoms with Gasteiger partial charge in [0.25, 0.3) is 0 Å². The summed E-state index contributed by atoms with van der Waals surface area (Å²) in [4.78, 5) is 9.69. The number of H-pyrrole nitrogens is 1. The highest BCUT2D eigenvalue weighted by molar-refractivity contribution is 7.11. The second-order valence-corrected chi connectivity index (χ2v) is 4.56. The first-order valence-corrected chi connectivity index (χ1v) is 5.55. The van der Waals surface area contributed by atoms with E-state index in [1.165, 1.54) is 11.2 Å². The average molecular weight is 223 g/mol. The maximum absolute atomic E-state index is 4.37. The maximum atomic E-state index is 4.37. The molecular weight excluding hydrogens is 210 g/mol. The summed E-state index contributed by atoms with van der Waals surface area (Å²) in [5.74, 6) is 0.855. The molecule has 5 nitrogen and oxygen atoms in total. The van der Waals surface area contributed by atoms with Crippen LogP contribution in [0.1, 0.15) is 21.4 Å². The van der Waals surface area contributed by atoms with Gasteiger partial charge in [-0.1, -0.05) is 0 Å². The smallest absolute Gasteiger partial charge is 0.138 e. The van der Waals surface area contributed by atoms with Gasteiger partial charge in [0.2, 0.25) is 0 Å². The number of nitrogens with zero attached hydrogens (tertiary/aromatic N) is 3. The Hall–Kier alpha value is -1.27. The van der Waals surface area contributed by atoms with E-state index in [9.17, 15) is 0 Å². The van der Waals surface area contributed by atoms with Crippen molar-refractivity contribution in [1.29, 1.82) is 0 Å². The van der Waals surface area contributed by atoms with Gasteiger partial charge in [-0.3, -0.25) is 5.10 Å². The first kappa shape index (κ1) is 10.3.